The minimum Gasteiger partial charge on any atom is -0.313 e. The van der Waals surface area contributed by atoms with Crippen molar-refractivity contribution >= 4 is 15.9 Å². The van der Waals surface area contributed by atoms with Crippen molar-refractivity contribution in [3.8, 4) is 0 Å². The van der Waals surface area contributed by atoms with E-state index in [2.05, 4.69) is 40.3 Å². The van der Waals surface area contributed by atoms with Crippen LogP contribution in [0.1, 0.15) is 22.7 Å². The van der Waals surface area contributed by atoms with Crippen molar-refractivity contribution in [2.24, 2.45) is 0 Å². The number of benzene rings is 2. The molecular formula is C16H17BrFN. The number of nitrogens with one attached hydrogen (secondary N) is 1. The lowest BCUT2D eigenvalue weighted by atomic mass is 9.95. The van der Waals surface area contributed by atoms with Gasteiger partial charge in [0.25, 0.3) is 0 Å². The van der Waals surface area contributed by atoms with Crippen LogP contribution in [0, 0.1) is 12.7 Å². The van der Waals surface area contributed by atoms with Gasteiger partial charge in [0.05, 0.1) is 0 Å². The second kappa shape index (κ2) is 6.31. The van der Waals surface area contributed by atoms with E-state index >= 15 is 0 Å². The molecule has 0 aliphatic heterocycles. The lowest BCUT2D eigenvalue weighted by Gasteiger charge is -2.19. The van der Waals surface area contributed by atoms with Gasteiger partial charge in [-0.15, -0.1) is 0 Å². The average Bonchev–Trinajstić information content (AvgIpc) is 2.41. The fraction of sp³-hybridized carbons (Fsp3) is 0.250. The molecule has 0 bridgehead atoms. The van der Waals surface area contributed by atoms with Gasteiger partial charge in [-0.1, -0.05) is 34.1 Å². The molecule has 1 N–H and O–H groups in total. The standard InChI is InChI=1S/C16H17BrFN/c1-11-3-6-13(17)10-15(11)16(19-2)9-12-4-7-14(18)8-5-12/h3-8,10,16,19H,9H2,1-2H3. The summed E-state index contributed by atoms with van der Waals surface area (Å²) in [5, 5.41) is 3.33. The van der Waals surface area contributed by atoms with Crippen LogP contribution in [-0.4, -0.2) is 7.05 Å². The van der Waals surface area contributed by atoms with Gasteiger partial charge >= 0.3 is 0 Å². The molecule has 2 aromatic rings. The minimum atomic E-state index is -0.191. The van der Waals surface area contributed by atoms with Crippen molar-refractivity contribution in [1.82, 2.24) is 5.32 Å². The summed E-state index contributed by atoms with van der Waals surface area (Å²) in [6.07, 6.45) is 0.841. The lowest BCUT2D eigenvalue weighted by Crippen LogP contribution is -2.19. The van der Waals surface area contributed by atoms with Gasteiger partial charge in [-0.25, -0.2) is 4.39 Å². The van der Waals surface area contributed by atoms with E-state index in [-0.39, 0.29) is 11.9 Å². The van der Waals surface area contributed by atoms with Crippen LogP contribution < -0.4 is 5.32 Å². The Morgan fingerprint density at radius 1 is 1.16 bits per heavy atom. The summed E-state index contributed by atoms with van der Waals surface area (Å²) in [4.78, 5) is 0. The largest absolute Gasteiger partial charge is 0.313 e. The summed E-state index contributed by atoms with van der Waals surface area (Å²) in [6.45, 7) is 2.11. The van der Waals surface area contributed by atoms with Crippen LogP contribution in [0.15, 0.2) is 46.9 Å². The van der Waals surface area contributed by atoms with Gasteiger partial charge in [0.1, 0.15) is 5.82 Å². The molecule has 0 radical (unpaired) electrons. The first-order valence-corrected chi connectivity index (χ1v) is 7.07. The van der Waals surface area contributed by atoms with E-state index in [1.54, 1.807) is 0 Å². The molecule has 0 aliphatic rings. The number of hydrogen-bond acceptors (Lipinski definition) is 1. The third kappa shape index (κ3) is 3.64. The molecule has 1 atom stereocenters. The van der Waals surface area contributed by atoms with E-state index in [0.29, 0.717) is 0 Å². The van der Waals surface area contributed by atoms with Crippen LogP contribution >= 0.6 is 15.9 Å². The lowest BCUT2D eigenvalue weighted by molar-refractivity contribution is 0.586. The second-order valence-corrected chi connectivity index (χ2v) is 5.59. The summed E-state index contributed by atoms with van der Waals surface area (Å²) < 4.78 is 14.0. The minimum absolute atomic E-state index is 0.191. The zero-order chi connectivity index (χ0) is 13.8. The molecule has 0 heterocycles. The zero-order valence-electron chi connectivity index (χ0n) is 11.1. The molecule has 2 rings (SSSR count). The van der Waals surface area contributed by atoms with Crippen LogP contribution in [0.5, 0.6) is 0 Å². The van der Waals surface area contributed by atoms with Gasteiger partial charge < -0.3 is 5.32 Å². The fourth-order valence-corrected chi connectivity index (χ4v) is 2.59. The predicted octanol–water partition coefficient (Wildman–Crippen LogP) is 4.40. The maximum Gasteiger partial charge on any atom is 0.123 e. The quantitative estimate of drug-likeness (QED) is 0.880. The Labute approximate surface area is 122 Å². The van der Waals surface area contributed by atoms with Crippen molar-refractivity contribution < 1.29 is 4.39 Å². The van der Waals surface area contributed by atoms with E-state index < -0.39 is 0 Å². The second-order valence-electron chi connectivity index (χ2n) is 4.67. The van der Waals surface area contributed by atoms with Gasteiger partial charge in [-0.05, 0) is 61.3 Å². The number of likely N-dealkylation sites (N-methyl/N-ethyl adjacent to an activating group) is 1. The molecule has 0 aromatic heterocycles. The normalized spacial score (nSPS) is 12.4. The third-order valence-electron chi connectivity index (χ3n) is 3.32. The number of hydrogen-bond donors (Lipinski definition) is 1. The molecule has 3 heteroatoms. The van der Waals surface area contributed by atoms with Gasteiger partial charge in [0, 0.05) is 10.5 Å². The Bertz CT molecular complexity index is 551. The zero-order valence-corrected chi connectivity index (χ0v) is 12.7. The van der Waals surface area contributed by atoms with Crippen LogP contribution in [0.2, 0.25) is 0 Å². The van der Waals surface area contributed by atoms with Crippen LogP contribution in [-0.2, 0) is 6.42 Å². The van der Waals surface area contributed by atoms with Crippen molar-refractivity contribution in [1.29, 1.82) is 0 Å². The van der Waals surface area contributed by atoms with E-state index in [1.165, 1.54) is 23.3 Å². The Morgan fingerprint density at radius 2 is 1.84 bits per heavy atom. The number of rotatable bonds is 4. The first kappa shape index (κ1) is 14.2. The highest BCUT2D eigenvalue weighted by atomic mass is 79.9. The molecular weight excluding hydrogens is 305 g/mol. The summed E-state index contributed by atoms with van der Waals surface area (Å²) in [5.74, 6) is -0.191. The predicted molar refractivity (Wildman–Crippen MR) is 80.8 cm³/mol. The molecule has 1 nitrogen and oxygen atoms in total. The van der Waals surface area contributed by atoms with E-state index in [1.807, 2.05) is 25.2 Å². The Morgan fingerprint density at radius 3 is 2.47 bits per heavy atom. The van der Waals surface area contributed by atoms with E-state index in [9.17, 15) is 4.39 Å². The highest BCUT2D eigenvalue weighted by molar-refractivity contribution is 9.10. The first-order valence-electron chi connectivity index (χ1n) is 6.28. The molecule has 19 heavy (non-hydrogen) atoms. The van der Waals surface area contributed by atoms with Crippen LogP contribution in [0.4, 0.5) is 4.39 Å². The maximum absolute atomic E-state index is 12.9. The molecule has 0 saturated heterocycles. The van der Waals surface area contributed by atoms with Crippen LogP contribution in [0.25, 0.3) is 0 Å². The smallest absolute Gasteiger partial charge is 0.123 e. The third-order valence-corrected chi connectivity index (χ3v) is 3.81. The first-order chi connectivity index (χ1) is 9.10. The Kier molecular flexibility index (Phi) is 4.72. The van der Waals surface area contributed by atoms with Crippen LogP contribution in [0.3, 0.4) is 0 Å². The monoisotopic (exact) mass is 321 g/mol. The summed E-state index contributed by atoms with van der Waals surface area (Å²) in [5.41, 5.74) is 3.64. The molecule has 0 spiro atoms. The summed E-state index contributed by atoms with van der Waals surface area (Å²) in [7, 11) is 1.95. The summed E-state index contributed by atoms with van der Waals surface area (Å²) >= 11 is 3.51. The van der Waals surface area contributed by atoms with Crippen molar-refractivity contribution in [3.63, 3.8) is 0 Å². The Balaban J connectivity index is 2.24. The highest BCUT2D eigenvalue weighted by Crippen LogP contribution is 2.25. The molecule has 1 unspecified atom stereocenters. The number of halogens is 2. The van der Waals surface area contributed by atoms with Gasteiger partial charge in [-0.2, -0.15) is 0 Å². The van der Waals surface area contributed by atoms with Gasteiger partial charge in [0.15, 0.2) is 0 Å². The number of aryl methyl sites for hydroxylation is 1. The molecule has 2 aromatic carbocycles. The van der Waals surface area contributed by atoms with E-state index in [4.69, 9.17) is 0 Å². The topological polar surface area (TPSA) is 12.0 Å². The van der Waals surface area contributed by atoms with E-state index in [0.717, 1.165) is 16.5 Å². The highest BCUT2D eigenvalue weighted by Gasteiger charge is 2.13. The molecule has 100 valence electrons. The van der Waals surface area contributed by atoms with Gasteiger partial charge in [-0.3, -0.25) is 0 Å². The fourth-order valence-electron chi connectivity index (χ4n) is 2.21. The Hall–Kier alpha value is -1.19. The molecule has 0 saturated carbocycles. The van der Waals surface area contributed by atoms with Crippen molar-refractivity contribution in [3.05, 3.63) is 69.4 Å². The van der Waals surface area contributed by atoms with Gasteiger partial charge in [0.2, 0.25) is 0 Å². The maximum atomic E-state index is 12.9. The van der Waals surface area contributed by atoms with Crippen molar-refractivity contribution in [2.75, 3.05) is 7.05 Å². The van der Waals surface area contributed by atoms with Crippen molar-refractivity contribution in [2.45, 2.75) is 19.4 Å². The molecule has 0 aliphatic carbocycles. The SMILES string of the molecule is CNC(Cc1ccc(F)cc1)c1cc(Br)ccc1C. The average molecular weight is 322 g/mol. The molecule has 0 amide bonds. The summed E-state index contributed by atoms with van der Waals surface area (Å²) in [6, 6.07) is 13.2. The molecule has 0 fully saturated rings.